The molecule has 0 aromatic carbocycles. The number of hydrogen-bond acceptors (Lipinski definition) is 2. The fourth-order valence-corrected chi connectivity index (χ4v) is 0.639. The Labute approximate surface area is 71.0 Å². The Balaban J connectivity index is 0.000000218. The van der Waals surface area contributed by atoms with E-state index in [1.54, 1.807) is 0 Å². The van der Waals surface area contributed by atoms with Gasteiger partial charge in [-0.3, -0.25) is 0 Å². The molecule has 0 saturated carbocycles. The first-order chi connectivity index (χ1) is 5.04. The molecule has 11 heavy (non-hydrogen) atoms. The Bertz CT molecular complexity index is 82.8. The van der Waals surface area contributed by atoms with Crippen molar-refractivity contribution in [3.8, 4) is 0 Å². The van der Waals surface area contributed by atoms with Gasteiger partial charge in [0.05, 0.1) is 0 Å². The Morgan fingerprint density at radius 1 is 1.18 bits per heavy atom. The minimum Gasteiger partial charge on any atom is -0.314 e. The average molecular weight is 158 g/mol. The maximum atomic E-state index is 3.20. The highest BCUT2D eigenvalue weighted by Gasteiger charge is 2.17. The Morgan fingerprint density at radius 2 is 1.55 bits per heavy atom. The van der Waals surface area contributed by atoms with Crippen LogP contribution in [0.15, 0.2) is 0 Å². The molecule has 0 unspecified atom stereocenters. The minimum atomic E-state index is 0.806. The summed E-state index contributed by atoms with van der Waals surface area (Å²) in [4.78, 5) is 2.25. The molecule has 68 valence electrons. The second-order valence-corrected chi connectivity index (χ2v) is 4.01. The minimum absolute atomic E-state index is 0.806. The molecule has 0 amide bonds. The van der Waals surface area contributed by atoms with E-state index in [0.717, 1.165) is 12.0 Å². The topological polar surface area (TPSA) is 15.3 Å². The number of nitrogens with zero attached hydrogens (tertiary/aromatic N) is 1. The molecule has 1 rings (SSSR count). The van der Waals surface area contributed by atoms with E-state index in [2.05, 4.69) is 45.1 Å². The van der Waals surface area contributed by atoms with E-state index in [4.69, 9.17) is 0 Å². The fourth-order valence-electron chi connectivity index (χ4n) is 0.639. The molecule has 1 N–H and O–H groups in total. The zero-order valence-electron chi connectivity index (χ0n) is 8.52. The summed E-state index contributed by atoms with van der Waals surface area (Å²) < 4.78 is 0. The third kappa shape index (κ3) is 6.32. The van der Waals surface area contributed by atoms with E-state index in [1.807, 2.05) is 0 Å². The van der Waals surface area contributed by atoms with Gasteiger partial charge in [0.1, 0.15) is 0 Å². The van der Waals surface area contributed by atoms with Gasteiger partial charge in [-0.2, -0.15) is 0 Å². The predicted octanol–water partition coefficient (Wildman–Crippen LogP) is 1.18. The number of likely N-dealkylation sites (N-methyl/N-ethyl adjacent to an activating group) is 1. The fraction of sp³-hybridized carbons (Fsp3) is 1.00. The molecule has 0 spiro atoms. The quantitative estimate of drug-likeness (QED) is 0.616. The number of hydrogen-bond donors (Lipinski definition) is 1. The molecule has 0 atom stereocenters. The van der Waals surface area contributed by atoms with Crippen LogP contribution in [0.4, 0.5) is 0 Å². The molecule has 1 heterocycles. The Kier molecular flexibility index (Phi) is 5.51. The first kappa shape index (κ1) is 10.9. The van der Waals surface area contributed by atoms with Crippen molar-refractivity contribution >= 4 is 0 Å². The second-order valence-electron chi connectivity index (χ2n) is 4.01. The van der Waals surface area contributed by atoms with Gasteiger partial charge in [-0.05, 0) is 20.0 Å². The van der Waals surface area contributed by atoms with Crippen LogP contribution in [-0.4, -0.2) is 38.1 Å². The van der Waals surface area contributed by atoms with Crippen LogP contribution in [0.3, 0.4) is 0 Å². The second kappa shape index (κ2) is 5.56. The molecule has 1 aliphatic rings. The summed E-state index contributed by atoms with van der Waals surface area (Å²) >= 11 is 0. The zero-order chi connectivity index (χ0) is 8.85. The monoisotopic (exact) mass is 158 g/mol. The van der Waals surface area contributed by atoms with E-state index in [1.165, 1.54) is 13.1 Å². The molecule has 0 radical (unpaired) electrons. The summed E-state index contributed by atoms with van der Waals surface area (Å²) in [5, 5.41) is 3.20. The molecule has 0 aliphatic carbocycles. The van der Waals surface area contributed by atoms with Crippen LogP contribution < -0.4 is 5.32 Å². The van der Waals surface area contributed by atoms with Gasteiger partial charge < -0.3 is 10.2 Å². The molecular formula is C9H22N2. The summed E-state index contributed by atoms with van der Waals surface area (Å²) in [5.74, 6) is 0.833. The van der Waals surface area contributed by atoms with Gasteiger partial charge in [0, 0.05) is 19.1 Å². The molecule has 2 heteroatoms. The van der Waals surface area contributed by atoms with Crippen molar-refractivity contribution in [2.75, 3.05) is 27.2 Å². The van der Waals surface area contributed by atoms with Crippen molar-refractivity contribution < 1.29 is 0 Å². The molecular weight excluding hydrogens is 136 g/mol. The smallest absolute Gasteiger partial charge is 0.0339 e. The van der Waals surface area contributed by atoms with E-state index in [0.29, 0.717) is 0 Å². The number of rotatable bonds is 1. The van der Waals surface area contributed by atoms with Crippen LogP contribution in [0, 0.1) is 5.92 Å². The molecule has 1 saturated heterocycles. The van der Waals surface area contributed by atoms with Crippen molar-refractivity contribution in [2.24, 2.45) is 5.92 Å². The van der Waals surface area contributed by atoms with Gasteiger partial charge >= 0.3 is 0 Å². The van der Waals surface area contributed by atoms with Gasteiger partial charge in [-0.1, -0.05) is 20.8 Å². The summed E-state index contributed by atoms with van der Waals surface area (Å²) in [6.07, 6.45) is 0. The van der Waals surface area contributed by atoms with Crippen LogP contribution in [-0.2, 0) is 0 Å². The lowest BCUT2D eigenvalue weighted by molar-refractivity contribution is 0.216. The van der Waals surface area contributed by atoms with Crippen molar-refractivity contribution in [3.63, 3.8) is 0 Å². The highest BCUT2D eigenvalue weighted by molar-refractivity contribution is 4.80. The summed E-state index contributed by atoms with van der Waals surface area (Å²) in [6.45, 7) is 8.85. The highest BCUT2D eigenvalue weighted by Crippen LogP contribution is 1.96. The predicted molar refractivity (Wildman–Crippen MR) is 50.9 cm³/mol. The van der Waals surface area contributed by atoms with Crippen molar-refractivity contribution in [3.05, 3.63) is 0 Å². The van der Waals surface area contributed by atoms with Crippen molar-refractivity contribution in [2.45, 2.75) is 26.8 Å². The van der Waals surface area contributed by atoms with Gasteiger partial charge in [-0.15, -0.1) is 0 Å². The molecule has 1 aliphatic heterocycles. The number of nitrogens with one attached hydrogen (secondary N) is 1. The average Bonchev–Trinajstić information content (AvgIpc) is 1.53. The third-order valence-corrected chi connectivity index (χ3v) is 1.49. The van der Waals surface area contributed by atoms with Gasteiger partial charge in [0.2, 0.25) is 0 Å². The molecule has 0 bridgehead atoms. The van der Waals surface area contributed by atoms with Gasteiger partial charge in [0.25, 0.3) is 0 Å². The Hall–Kier alpha value is -0.0800. The third-order valence-electron chi connectivity index (χ3n) is 1.49. The Morgan fingerprint density at radius 3 is 1.55 bits per heavy atom. The van der Waals surface area contributed by atoms with Crippen LogP contribution in [0.2, 0.25) is 0 Å². The van der Waals surface area contributed by atoms with Crippen molar-refractivity contribution in [1.82, 2.24) is 10.2 Å². The van der Waals surface area contributed by atoms with Crippen LogP contribution in [0.25, 0.3) is 0 Å². The van der Waals surface area contributed by atoms with Crippen LogP contribution in [0.1, 0.15) is 20.8 Å². The largest absolute Gasteiger partial charge is 0.314 e. The highest BCUT2D eigenvalue weighted by atomic mass is 15.2. The normalized spacial score (nSPS) is 17.7. The lowest BCUT2D eigenvalue weighted by atomic mass is 10.2. The van der Waals surface area contributed by atoms with Crippen LogP contribution in [0.5, 0.6) is 0 Å². The summed E-state index contributed by atoms with van der Waals surface area (Å²) in [5.41, 5.74) is 0. The van der Waals surface area contributed by atoms with Gasteiger partial charge in [-0.25, -0.2) is 0 Å². The first-order valence-corrected chi connectivity index (χ1v) is 4.41. The van der Waals surface area contributed by atoms with Crippen LogP contribution >= 0.6 is 0 Å². The molecule has 0 aromatic rings. The van der Waals surface area contributed by atoms with E-state index < -0.39 is 0 Å². The molecule has 1 fully saturated rings. The van der Waals surface area contributed by atoms with E-state index in [-0.39, 0.29) is 0 Å². The van der Waals surface area contributed by atoms with Crippen molar-refractivity contribution in [1.29, 1.82) is 0 Å². The standard InChI is InChI=1S/C5H12N2.C4H10/c1-7(2)5-3-6-4-5;1-4(2)3/h5-6H,3-4H2,1-2H3;4H,1-3H3. The maximum absolute atomic E-state index is 3.20. The molecule has 0 aromatic heterocycles. The van der Waals surface area contributed by atoms with Gasteiger partial charge in [0.15, 0.2) is 0 Å². The summed E-state index contributed by atoms with van der Waals surface area (Å²) in [7, 11) is 4.23. The lowest BCUT2D eigenvalue weighted by Crippen LogP contribution is -2.54. The SMILES string of the molecule is CC(C)C.CN(C)C1CNC1. The van der Waals surface area contributed by atoms with E-state index >= 15 is 0 Å². The van der Waals surface area contributed by atoms with E-state index in [9.17, 15) is 0 Å². The molecule has 2 nitrogen and oxygen atoms in total. The zero-order valence-corrected chi connectivity index (χ0v) is 8.52. The lowest BCUT2D eigenvalue weighted by Gasteiger charge is -2.32. The maximum Gasteiger partial charge on any atom is 0.0339 e. The summed E-state index contributed by atoms with van der Waals surface area (Å²) in [6, 6.07) is 0.806. The first-order valence-electron chi connectivity index (χ1n) is 4.41.